The number of rotatable bonds is 5. The summed E-state index contributed by atoms with van der Waals surface area (Å²) >= 11 is 0. The minimum Gasteiger partial charge on any atom is -0.384 e. The van der Waals surface area contributed by atoms with Gasteiger partial charge in [-0.1, -0.05) is 0 Å². The molecule has 1 rings (SSSR count). The van der Waals surface area contributed by atoms with Crippen molar-refractivity contribution in [3.63, 3.8) is 0 Å². The lowest BCUT2D eigenvalue weighted by atomic mass is 10.2. The second-order valence-electron chi connectivity index (χ2n) is 3.63. The number of nitrogens with zero attached hydrogens (tertiary/aromatic N) is 2. The first kappa shape index (κ1) is 15.6. The zero-order chi connectivity index (χ0) is 15.5. The fourth-order valence-corrected chi connectivity index (χ4v) is 1.16. The van der Waals surface area contributed by atoms with Crippen molar-refractivity contribution < 1.29 is 27.3 Å². The first-order valence-electron chi connectivity index (χ1n) is 4.99. The Morgan fingerprint density at radius 1 is 1.55 bits per heavy atom. The Hall–Kier alpha value is -2.46. The lowest BCUT2D eigenvalue weighted by Crippen LogP contribution is -2.41. The highest BCUT2D eigenvalue weighted by molar-refractivity contribution is 5.98. The van der Waals surface area contributed by atoms with Gasteiger partial charge in [0.1, 0.15) is 17.6 Å². The van der Waals surface area contributed by atoms with E-state index in [-0.39, 0.29) is 5.82 Å². The number of anilines is 1. The standard InChI is InChI=1S/C9H8F4N4O3/c10-8(11)9(12,13)3-16-7(18)4-1-6(14)15-2-5(4)17(19)20/h1-2,8H,3H2,(H2,14,15)(H,16,18). The van der Waals surface area contributed by atoms with E-state index in [0.717, 1.165) is 6.07 Å². The summed E-state index contributed by atoms with van der Waals surface area (Å²) in [4.78, 5) is 24.5. The molecule has 7 nitrogen and oxygen atoms in total. The summed E-state index contributed by atoms with van der Waals surface area (Å²) in [5.74, 6) is -6.03. The topological polar surface area (TPSA) is 111 Å². The van der Waals surface area contributed by atoms with Crippen molar-refractivity contribution in [3.05, 3.63) is 27.9 Å². The molecule has 0 radical (unpaired) electrons. The molecular formula is C9H8F4N4O3. The van der Waals surface area contributed by atoms with E-state index in [1.807, 2.05) is 0 Å². The van der Waals surface area contributed by atoms with Crippen LogP contribution in [0, 0.1) is 10.1 Å². The summed E-state index contributed by atoms with van der Waals surface area (Å²) in [5, 5.41) is 12.1. The average Bonchev–Trinajstić information content (AvgIpc) is 2.35. The van der Waals surface area contributed by atoms with E-state index in [2.05, 4.69) is 4.98 Å². The molecule has 110 valence electrons. The number of nitrogens with one attached hydrogen (secondary N) is 1. The highest BCUT2D eigenvalue weighted by Gasteiger charge is 2.41. The molecule has 0 bridgehead atoms. The van der Waals surface area contributed by atoms with Crippen LogP contribution in [0.4, 0.5) is 29.1 Å². The van der Waals surface area contributed by atoms with Crippen LogP contribution in [0.5, 0.6) is 0 Å². The number of hydrogen-bond donors (Lipinski definition) is 2. The van der Waals surface area contributed by atoms with E-state index in [0.29, 0.717) is 6.20 Å². The van der Waals surface area contributed by atoms with Gasteiger partial charge >= 0.3 is 12.3 Å². The maximum atomic E-state index is 12.6. The van der Waals surface area contributed by atoms with Crippen LogP contribution in [0.25, 0.3) is 0 Å². The van der Waals surface area contributed by atoms with E-state index < -0.39 is 41.0 Å². The summed E-state index contributed by atoms with van der Waals surface area (Å²) in [6.45, 7) is -1.66. The largest absolute Gasteiger partial charge is 0.384 e. The van der Waals surface area contributed by atoms with Crippen molar-refractivity contribution >= 4 is 17.4 Å². The molecule has 0 saturated carbocycles. The molecule has 0 aliphatic heterocycles. The van der Waals surface area contributed by atoms with Crippen molar-refractivity contribution in [2.45, 2.75) is 12.3 Å². The second kappa shape index (κ2) is 5.67. The van der Waals surface area contributed by atoms with E-state index in [4.69, 9.17) is 5.73 Å². The van der Waals surface area contributed by atoms with Crippen molar-refractivity contribution in [1.82, 2.24) is 10.3 Å². The molecule has 1 amide bonds. The number of pyridine rings is 1. The molecule has 0 aliphatic carbocycles. The van der Waals surface area contributed by atoms with Crippen LogP contribution in [0.15, 0.2) is 12.3 Å². The van der Waals surface area contributed by atoms with E-state index >= 15 is 0 Å². The monoisotopic (exact) mass is 296 g/mol. The van der Waals surface area contributed by atoms with Gasteiger partial charge < -0.3 is 11.1 Å². The number of nitro groups is 1. The number of hydrogen-bond acceptors (Lipinski definition) is 5. The Balaban J connectivity index is 2.93. The van der Waals surface area contributed by atoms with Crippen LogP contribution < -0.4 is 11.1 Å². The average molecular weight is 296 g/mol. The molecule has 0 fully saturated rings. The first-order chi connectivity index (χ1) is 9.15. The van der Waals surface area contributed by atoms with Gasteiger partial charge in [-0.05, 0) is 6.07 Å². The maximum Gasteiger partial charge on any atom is 0.324 e. The highest BCUT2D eigenvalue weighted by atomic mass is 19.3. The molecule has 0 spiro atoms. The number of carbonyl (C=O) groups is 1. The van der Waals surface area contributed by atoms with Gasteiger partial charge in [0.2, 0.25) is 0 Å². The number of nitrogen functional groups attached to an aromatic ring is 1. The lowest BCUT2D eigenvalue weighted by Gasteiger charge is -2.15. The Morgan fingerprint density at radius 2 is 2.15 bits per heavy atom. The molecule has 1 aromatic heterocycles. The molecule has 0 aliphatic rings. The smallest absolute Gasteiger partial charge is 0.324 e. The minimum absolute atomic E-state index is 0.263. The SMILES string of the molecule is Nc1cc(C(=O)NCC(F)(F)C(F)F)c([N+](=O)[O-])cn1. The molecule has 0 saturated heterocycles. The van der Waals surface area contributed by atoms with Gasteiger partial charge in [0.05, 0.1) is 11.5 Å². The fourth-order valence-electron chi connectivity index (χ4n) is 1.16. The predicted molar refractivity (Wildman–Crippen MR) is 58.6 cm³/mol. The van der Waals surface area contributed by atoms with E-state index in [9.17, 15) is 32.5 Å². The summed E-state index contributed by atoms with van der Waals surface area (Å²) in [6.07, 6.45) is -3.31. The summed E-state index contributed by atoms with van der Waals surface area (Å²) in [7, 11) is 0. The van der Waals surface area contributed by atoms with Gasteiger partial charge in [-0.3, -0.25) is 14.9 Å². The fraction of sp³-hybridized carbons (Fsp3) is 0.333. The number of amides is 1. The molecule has 1 heterocycles. The Kier molecular flexibility index (Phi) is 4.42. The molecule has 0 aromatic carbocycles. The Labute approximate surface area is 108 Å². The van der Waals surface area contributed by atoms with Gasteiger partial charge in [0, 0.05) is 0 Å². The van der Waals surface area contributed by atoms with Gasteiger partial charge in [0.15, 0.2) is 0 Å². The molecule has 0 atom stereocenters. The summed E-state index contributed by atoms with van der Waals surface area (Å²) < 4.78 is 49.0. The van der Waals surface area contributed by atoms with Gasteiger partial charge in [-0.15, -0.1) is 0 Å². The van der Waals surface area contributed by atoms with Crippen LogP contribution in [0.3, 0.4) is 0 Å². The van der Waals surface area contributed by atoms with Gasteiger partial charge in [0.25, 0.3) is 11.6 Å². The van der Waals surface area contributed by atoms with Crippen LogP contribution in [-0.4, -0.2) is 34.7 Å². The number of aromatic nitrogens is 1. The molecular weight excluding hydrogens is 288 g/mol. The van der Waals surface area contributed by atoms with Crippen molar-refractivity contribution in [1.29, 1.82) is 0 Å². The second-order valence-corrected chi connectivity index (χ2v) is 3.63. The zero-order valence-electron chi connectivity index (χ0n) is 9.65. The van der Waals surface area contributed by atoms with Crippen molar-refractivity contribution in [2.24, 2.45) is 0 Å². The molecule has 0 unspecified atom stereocenters. The third-order valence-corrected chi connectivity index (χ3v) is 2.15. The predicted octanol–water partition coefficient (Wildman–Crippen LogP) is 1.20. The van der Waals surface area contributed by atoms with Gasteiger partial charge in [-0.2, -0.15) is 8.78 Å². The van der Waals surface area contributed by atoms with E-state index in [1.165, 1.54) is 5.32 Å². The van der Waals surface area contributed by atoms with Crippen LogP contribution in [0.2, 0.25) is 0 Å². The Bertz CT molecular complexity index is 538. The van der Waals surface area contributed by atoms with Crippen LogP contribution in [-0.2, 0) is 0 Å². The first-order valence-corrected chi connectivity index (χ1v) is 4.99. The molecule has 1 aromatic rings. The molecule has 20 heavy (non-hydrogen) atoms. The minimum atomic E-state index is -4.44. The quantitative estimate of drug-likeness (QED) is 0.482. The Morgan fingerprint density at radius 3 is 2.65 bits per heavy atom. The summed E-state index contributed by atoms with van der Waals surface area (Å²) in [6, 6.07) is 0.786. The van der Waals surface area contributed by atoms with E-state index in [1.54, 1.807) is 0 Å². The van der Waals surface area contributed by atoms with Crippen molar-refractivity contribution in [2.75, 3.05) is 12.3 Å². The normalized spacial score (nSPS) is 11.4. The highest BCUT2D eigenvalue weighted by Crippen LogP contribution is 2.23. The molecule has 11 heteroatoms. The number of nitrogens with two attached hydrogens (primary N) is 1. The maximum absolute atomic E-state index is 12.6. The third-order valence-electron chi connectivity index (χ3n) is 2.15. The lowest BCUT2D eigenvalue weighted by molar-refractivity contribution is -0.385. The summed E-state index contributed by atoms with van der Waals surface area (Å²) in [5.41, 5.74) is 3.79. The van der Waals surface area contributed by atoms with Gasteiger partial charge in [-0.25, -0.2) is 13.8 Å². The van der Waals surface area contributed by atoms with Crippen LogP contribution >= 0.6 is 0 Å². The number of carbonyl (C=O) groups excluding carboxylic acids is 1. The zero-order valence-corrected chi connectivity index (χ0v) is 9.65. The molecule has 3 N–H and O–H groups in total. The van der Waals surface area contributed by atoms with Crippen LogP contribution in [0.1, 0.15) is 10.4 Å². The third kappa shape index (κ3) is 3.52. The number of halogens is 4. The number of alkyl halides is 4. The van der Waals surface area contributed by atoms with Crippen molar-refractivity contribution in [3.8, 4) is 0 Å².